The van der Waals surface area contributed by atoms with E-state index in [-0.39, 0.29) is 23.7 Å². The number of alkyl halides is 3. The topological polar surface area (TPSA) is 68.6 Å². The Kier molecular flexibility index (Phi) is 4.77. The van der Waals surface area contributed by atoms with Crippen molar-refractivity contribution in [2.45, 2.75) is 62.9 Å². The minimum Gasteiger partial charge on any atom is -0.437 e. The van der Waals surface area contributed by atoms with Crippen LogP contribution in [0, 0.1) is 0 Å². The molecule has 132 valence electrons. The molecule has 9 heteroatoms. The third kappa shape index (κ3) is 3.53. The van der Waals surface area contributed by atoms with Gasteiger partial charge in [0.15, 0.2) is 6.10 Å². The van der Waals surface area contributed by atoms with Gasteiger partial charge in [-0.3, -0.25) is 0 Å². The maximum Gasteiger partial charge on any atom is 0.418 e. The molecule has 2 aliphatic heterocycles. The Labute approximate surface area is 139 Å². The lowest BCUT2D eigenvalue weighted by Gasteiger charge is -2.40. The molecule has 3 rings (SSSR count). The largest absolute Gasteiger partial charge is 0.437 e. The Balaban J connectivity index is 1.72. The maximum absolute atomic E-state index is 12.6. The number of hydrogen-bond acceptors (Lipinski definition) is 5. The number of anilines is 1. The van der Waals surface area contributed by atoms with E-state index in [1.807, 2.05) is 0 Å². The summed E-state index contributed by atoms with van der Waals surface area (Å²) in [5, 5.41) is 21.9. The molecule has 24 heavy (non-hydrogen) atoms. The number of nitrogens with zero attached hydrogens (tertiary/aromatic N) is 2. The molecular formula is C15H21BF3N3O2. The quantitative estimate of drug-likeness (QED) is 0.729. The first-order valence-electron chi connectivity index (χ1n) is 8.19. The molecule has 2 bridgehead atoms. The van der Waals surface area contributed by atoms with E-state index in [0.717, 1.165) is 31.9 Å². The van der Waals surface area contributed by atoms with Gasteiger partial charge in [-0.05, 0) is 38.6 Å². The van der Waals surface area contributed by atoms with Crippen LogP contribution in [0.5, 0.6) is 0 Å². The molecule has 3 N–H and O–H groups in total. The van der Waals surface area contributed by atoms with Crippen molar-refractivity contribution in [3.63, 3.8) is 0 Å². The first kappa shape index (κ1) is 17.5. The molecule has 0 saturated carbocycles. The number of hydrogen-bond donors (Lipinski definition) is 3. The first-order valence-corrected chi connectivity index (χ1v) is 8.19. The van der Waals surface area contributed by atoms with Crippen molar-refractivity contribution in [1.29, 1.82) is 0 Å². The zero-order valence-corrected chi connectivity index (χ0v) is 13.4. The molecule has 1 aromatic rings. The second-order valence-corrected chi connectivity index (χ2v) is 6.70. The van der Waals surface area contributed by atoms with Crippen molar-refractivity contribution in [2.24, 2.45) is 0 Å². The summed E-state index contributed by atoms with van der Waals surface area (Å²) in [6, 6.07) is 3.62. The number of fused-ring (bicyclic) bond motifs is 2. The lowest BCUT2D eigenvalue weighted by molar-refractivity contribution is -0.206. The summed E-state index contributed by atoms with van der Waals surface area (Å²) in [5.74, 6) is 0.649. The Morgan fingerprint density at radius 2 is 1.92 bits per heavy atom. The average Bonchev–Trinajstić information content (AvgIpc) is 2.76. The van der Waals surface area contributed by atoms with Crippen LogP contribution in [0.2, 0.25) is 6.82 Å². The van der Waals surface area contributed by atoms with Crippen molar-refractivity contribution >= 4 is 12.9 Å². The third-order valence-electron chi connectivity index (χ3n) is 4.87. The Hall–Kier alpha value is -1.32. The van der Waals surface area contributed by atoms with Crippen LogP contribution >= 0.6 is 0 Å². The molecule has 2 fully saturated rings. The summed E-state index contributed by atoms with van der Waals surface area (Å²) >= 11 is 0. The highest BCUT2D eigenvalue weighted by Crippen LogP contribution is 2.39. The number of aromatic nitrogens is 1. The molecular weight excluding hydrogens is 322 g/mol. The zero-order valence-electron chi connectivity index (χ0n) is 13.4. The van der Waals surface area contributed by atoms with Gasteiger partial charge in [0.05, 0.1) is 0 Å². The van der Waals surface area contributed by atoms with E-state index in [1.54, 1.807) is 12.9 Å². The molecule has 0 radical (unpaired) electrons. The van der Waals surface area contributed by atoms with Crippen LogP contribution < -0.4 is 10.1 Å². The Morgan fingerprint density at radius 1 is 1.29 bits per heavy atom. The number of rotatable bonds is 4. The summed E-state index contributed by atoms with van der Waals surface area (Å²) < 4.78 is 37.7. The van der Waals surface area contributed by atoms with Crippen LogP contribution in [0.25, 0.3) is 0 Å². The number of halogens is 3. The second-order valence-electron chi connectivity index (χ2n) is 6.70. The lowest BCUT2D eigenvalue weighted by atomic mass is 9.84. The molecule has 2 saturated heterocycles. The van der Waals surface area contributed by atoms with Gasteiger partial charge in [-0.1, -0.05) is 6.07 Å². The fourth-order valence-electron chi connectivity index (χ4n) is 3.93. The van der Waals surface area contributed by atoms with Gasteiger partial charge in [0.2, 0.25) is 0 Å². The van der Waals surface area contributed by atoms with Crippen LogP contribution in [0.4, 0.5) is 19.0 Å². The second kappa shape index (κ2) is 6.53. The fraction of sp³-hybridized carbons (Fsp3) is 0.667. The van der Waals surface area contributed by atoms with Gasteiger partial charge in [-0.15, -0.1) is 0 Å². The highest BCUT2D eigenvalue weighted by Gasteiger charge is 2.42. The number of nitrogens with one attached hydrogen (secondary N) is 1. The smallest absolute Gasteiger partial charge is 0.418 e. The van der Waals surface area contributed by atoms with Gasteiger partial charge >= 0.3 is 13.2 Å². The molecule has 3 unspecified atom stereocenters. The van der Waals surface area contributed by atoms with Gasteiger partial charge in [0.1, 0.15) is 5.82 Å². The molecule has 0 spiro atoms. The average molecular weight is 343 g/mol. The monoisotopic (exact) mass is 343 g/mol. The van der Waals surface area contributed by atoms with E-state index < -0.39 is 19.3 Å². The van der Waals surface area contributed by atoms with Gasteiger partial charge < -0.3 is 20.3 Å². The predicted molar refractivity (Wildman–Crippen MR) is 84.5 cm³/mol. The summed E-state index contributed by atoms with van der Waals surface area (Å²) in [7, 11) is -0.554. The molecule has 3 atom stereocenters. The SMILES string of the molecule is CB(O)NC1CC2CCC(C1)N2c1ccc(C(O)C(F)(F)F)cn1. The fourth-order valence-corrected chi connectivity index (χ4v) is 3.93. The van der Waals surface area contributed by atoms with E-state index in [0.29, 0.717) is 5.82 Å². The van der Waals surface area contributed by atoms with Crippen molar-refractivity contribution in [3.8, 4) is 0 Å². The zero-order chi connectivity index (χ0) is 17.5. The van der Waals surface area contributed by atoms with Crippen molar-refractivity contribution in [3.05, 3.63) is 23.9 Å². The molecule has 0 amide bonds. The van der Waals surface area contributed by atoms with Crippen LogP contribution in [0.3, 0.4) is 0 Å². The normalized spacial score (nSPS) is 28.1. The van der Waals surface area contributed by atoms with Gasteiger partial charge in [-0.2, -0.15) is 13.2 Å². The van der Waals surface area contributed by atoms with Gasteiger partial charge in [0, 0.05) is 29.9 Å². The maximum atomic E-state index is 12.6. The minimum atomic E-state index is -4.69. The van der Waals surface area contributed by atoms with E-state index in [2.05, 4.69) is 15.1 Å². The van der Waals surface area contributed by atoms with Crippen LogP contribution in [0.15, 0.2) is 18.3 Å². The standard InChI is InChI=1S/C15H21BF3N3O2/c1-16(24)21-10-6-11-3-4-12(7-10)22(11)13-5-2-9(8-20-13)14(23)15(17,18)19/h2,5,8,10-12,14,21,23-24H,3-4,6-7H2,1H3. The Bertz CT molecular complexity index is 556. The van der Waals surface area contributed by atoms with Gasteiger partial charge in [0.25, 0.3) is 0 Å². The molecule has 2 aliphatic rings. The van der Waals surface area contributed by atoms with Gasteiger partial charge in [-0.25, -0.2) is 4.98 Å². The van der Waals surface area contributed by atoms with E-state index in [1.165, 1.54) is 6.07 Å². The first-order chi connectivity index (χ1) is 11.3. The van der Waals surface area contributed by atoms with Crippen LogP contribution in [0.1, 0.15) is 37.4 Å². The molecule has 5 nitrogen and oxygen atoms in total. The number of aliphatic hydroxyl groups excluding tert-OH is 1. The van der Waals surface area contributed by atoms with Crippen molar-refractivity contribution < 1.29 is 23.3 Å². The number of pyridine rings is 1. The number of piperidine rings is 1. The summed E-state index contributed by atoms with van der Waals surface area (Å²) in [6.45, 7) is 1.69. The van der Waals surface area contributed by atoms with E-state index in [4.69, 9.17) is 0 Å². The number of aliphatic hydroxyl groups is 1. The van der Waals surface area contributed by atoms with Crippen LogP contribution in [-0.2, 0) is 0 Å². The molecule has 3 heterocycles. The van der Waals surface area contributed by atoms with E-state index in [9.17, 15) is 23.3 Å². The highest BCUT2D eigenvalue weighted by molar-refractivity contribution is 6.45. The molecule has 0 aliphatic carbocycles. The highest BCUT2D eigenvalue weighted by atomic mass is 19.4. The van der Waals surface area contributed by atoms with Crippen molar-refractivity contribution in [1.82, 2.24) is 10.2 Å². The molecule has 0 aromatic carbocycles. The summed E-state index contributed by atoms with van der Waals surface area (Å²) in [6.07, 6.45) is -2.32. The minimum absolute atomic E-state index is 0.241. The molecule has 1 aromatic heterocycles. The summed E-state index contributed by atoms with van der Waals surface area (Å²) in [5.41, 5.74) is -0.246. The van der Waals surface area contributed by atoms with Crippen LogP contribution in [-0.4, -0.2) is 46.5 Å². The predicted octanol–water partition coefficient (Wildman–Crippen LogP) is 1.88. The summed E-state index contributed by atoms with van der Waals surface area (Å²) in [4.78, 5) is 6.33. The Morgan fingerprint density at radius 3 is 2.38 bits per heavy atom. The lowest BCUT2D eigenvalue weighted by Crippen LogP contribution is -2.52. The third-order valence-corrected chi connectivity index (χ3v) is 4.87. The van der Waals surface area contributed by atoms with Crippen molar-refractivity contribution in [2.75, 3.05) is 4.90 Å². The van der Waals surface area contributed by atoms with E-state index >= 15 is 0 Å².